The minimum atomic E-state index is -1.69. The molecule has 2 aliphatic rings. The van der Waals surface area contributed by atoms with Crippen LogP contribution in [0.2, 0.25) is 0 Å². The van der Waals surface area contributed by atoms with Crippen LogP contribution in [0.4, 0.5) is 19.4 Å². The van der Waals surface area contributed by atoms with Crippen molar-refractivity contribution in [3.8, 4) is 11.4 Å². The molecule has 8 nitrogen and oxygen atoms in total. The van der Waals surface area contributed by atoms with E-state index in [1.54, 1.807) is 6.07 Å². The quantitative estimate of drug-likeness (QED) is 0.427. The molecule has 1 aliphatic carbocycles. The second-order valence-corrected chi connectivity index (χ2v) is 8.27. The van der Waals surface area contributed by atoms with Gasteiger partial charge in [-0.1, -0.05) is 12.2 Å². The van der Waals surface area contributed by atoms with Gasteiger partial charge in [-0.3, -0.25) is 9.36 Å². The van der Waals surface area contributed by atoms with E-state index >= 15 is 0 Å². The van der Waals surface area contributed by atoms with Crippen molar-refractivity contribution >= 4 is 35.4 Å². The van der Waals surface area contributed by atoms with Gasteiger partial charge in [-0.2, -0.15) is 0 Å². The van der Waals surface area contributed by atoms with Gasteiger partial charge in [0, 0.05) is 25.2 Å². The number of rotatable bonds is 3. The number of fused-ring (bicyclic) bond motifs is 2. The van der Waals surface area contributed by atoms with Crippen molar-refractivity contribution in [2.24, 2.45) is 17.6 Å². The Kier molecular flexibility index (Phi) is 6.28. The van der Waals surface area contributed by atoms with E-state index in [9.17, 15) is 18.4 Å². The summed E-state index contributed by atoms with van der Waals surface area (Å²) in [7, 11) is 0. The Hall–Kier alpha value is -3.50. The molecule has 1 aromatic carbocycles. The molecule has 11 heteroatoms. The molecule has 3 aromatic rings. The maximum absolute atomic E-state index is 14.6. The number of nitrogens with two attached hydrogens (primary N) is 1. The molecule has 3 heterocycles. The molecule has 178 valence electrons. The Morgan fingerprint density at radius 1 is 1.21 bits per heavy atom. The van der Waals surface area contributed by atoms with Crippen LogP contribution in [0.25, 0.3) is 16.7 Å². The number of pyridine rings is 2. The molecule has 1 aliphatic heterocycles. The number of halogens is 3. The predicted octanol–water partition coefficient (Wildman–Crippen LogP) is 3.48. The fraction of sp³-hybridized carbons (Fsp3) is 0.261. The number of hydrogen-bond donors (Lipinski definition) is 2. The third-order valence-electron chi connectivity index (χ3n) is 6.28. The lowest BCUT2D eigenvalue weighted by Gasteiger charge is -2.25. The number of nitrogens with zero attached hydrogens (tertiary/aromatic N) is 3. The fourth-order valence-corrected chi connectivity index (χ4v) is 4.69. The Balaban J connectivity index is 0.00000274. The molecule has 1 saturated heterocycles. The molecule has 0 saturated carbocycles. The average molecular weight is 491 g/mol. The molecule has 0 spiro atoms. The highest BCUT2D eigenvalue weighted by Crippen LogP contribution is 2.35. The van der Waals surface area contributed by atoms with Gasteiger partial charge in [0.1, 0.15) is 17.5 Å². The Morgan fingerprint density at radius 3 is 2.71 bits per heavy atom. The van der Waals surface area contributed by atoms with Crippen molar-refractivity contribution in [3.05, 3.63) is 70.5 Å². The summed E-state index contributed by atoms with van der Waals surface area (Å²) in [6, 6.07) is 6.06. The predicted molar refractivity (Wildman–Crippen MR) is 124 cm³/mol. The summed E-state index contributed by atoms with van der Waals surface area (Å²) in [5, 5.41) is 9.03. The van der Waals surface area contributed by atoms with Gasteiger partial charge in [0.15, 0.2) is 11.4 Å². The number of benzene rings is 1. The Bertz CT molecular complexity index is 1360. The average Bonchev–Trinajstić information content (AvgIpc) is 3.21. The molecule has 3 atom stereocenters. The highest BCUT2D eigenvalue weighted by atomic mass is 35.5. The van der Waals surface area contributed by atoms with E-state index in [4.69, 9.17) is 10.8 Å². The van der Waals surface area contributed by atoms with Crippen molar-refractivity contribution in [2.45, 2.75) is 12.5 Å². The Morgan fingerprint density at radius 2 is 2.00 bits per heavy atom. The van der Waals surface area contributed by atoms with Crippen molar-refractivity contribution in [1.29, 1.82) is 0 Å². The molecule has 34 heavy (non-hydrogen) atoms. The Labute approximate surface area is 198 Å². The molecule has 5 rings (SSSR count). The van der Waals surface area contributed by atoms with Gasteiger partial charge >= 0.3 is 6.16 Å². The van der Waals surface area contributed by atoms with Crippen molar-refractivity contribution in [3.63, 3.8) is 0 Å². The topological polar surface area (TPSA) is 111 Å². The lowest BCUT2D eigenvalue weighted by Crippen LogP contribution is -2.35. The van der Waals surface area contributed by atoms with E-state index in [-0.39, 0.29) is 41.1 Å². The highest BCUT2D eigenvalue weighted by molar-refractivity contribution is 5.85. The summed E-state index contributed by atoms with van der Waals surface area (Å²) in [6.07, 6.45) is 4.38. The van der Waals surface area contributed by atoms with Gasteiger partial charge in [-0.25, -0.2) is 18.6 Å². The summed E-state index contributed by atoms with van der Waals surface area (Å²) >= 11 is 0. The van der Waals surface area contributed by atoms with E-state index in [0.717, 1.165) is 25.2 Å². The third-order valence-corrected chi connectivity index (χ3v) is 6.28. The summed E-state index contributed by atoms with van der Waals surface area (Å²) in [5.41, 5.74) is 5.53. The number of ether oxygens (including phenoxy) is 1. The van der Waals surface area contributed by atoms with Crippen molar-refractivity contribution < 1.29 is 23.4 Å². The van der Waals surface area contributed by atoms with Crippen LogP contribution in [0.1, 0.15) is 6.42 Å². The number of carboxylic acid groups (broad SMARTS) is 1. The van der Waals surface area contributed by atoms with Crippen LogP contribution in [0.15, 0.2) is 53.5 Å². The zero-order valence-corrected chi connectivity index (χ0v) is 18.5. The molecule has 0 amide bonds. The smallest absolute Gasteiger partial charge is 0.449 e. The first-order valence-electron chi connectivity index (χ1n) is 10.4. The van der Waals surface area contributed by atoms with Gasteiger partial charge in [-0.15, -0.1) is 12.4 Å². The molecule has 1 fully saturated rings. The summed E-state index contributed by atoms with van der Waals surface area (Å²) < 4.78 is 34.0. The normalized spacial score (nSPS) is 21.3. The molecule has 3 unspecified atom stereocenters. The van der Waals surface area contributed by atoms with E-state index in [0.29, 0.717) is 24.3 Å². The zero-order valence-electron chi connectivity index (χ0n) is 17.7. The number of carbonyl (C=O) groups is 1. The highest BCUT2D eigenvalue weighted by Gasteiger charge is 2.37. The number of aromatic nitrogens is 2. The van der Waals surface area contributed by atoms with Crippen molar-refractivity contribution in [1.82, 2.24) is 9.55 Å². The lowest BCUT2D eigenvalue weighted by atomic mass is 9.83. The maximum atomic E-state index is 14.6. The second-order valence-electron chi connectivity index (χ2n) is 8.27. The number of allylic oxidation sites excluding steroid dienone is 1. The van der Waals surface area contributed by atoms with E-state index in [1.165, 1.54) is 16.7 Å². The molecular formula is C23H21ClF2N4O4. The van der Waals surface area contributed by atoms with Gasteiger partial charge < -0.3 is 20.5 Å². The minimum Gasteiger partial charge on any atom is -0.449 e. The van der Waals surface area contributed by atoms with Crippen molar-refractivity contribution in [2.75, 3.05) is 18.0 Å². The van der Waals surface area contributed by atoms with Crippen LogP contribution in [0.3, 0.4) is 0 Å². The van der Waals surface area contributed by atoms with Crippen LogP contribution in [-0.2, 0) is 0 Å². The largest absolute Gasteiger partial charge is 0.511 e. The molecule has 0 bridgehead atoms. The van der Waals surface area contributed by atoms with E-state index < -0.39 is 29.0 Å². The summed E-state index contributed by atoms with van der Waals surface area (Å²) in [6.45, 7) is 1.42. The van der Waals surface area contributed by atoms with Crippen LogP contribution < -0.4 is 20.8 Å². The number of anilines is 1. The van der Waals surface area contributed by atoms with Crippen LogP contribution in [0, 0.1) is 23.5 Å². The third kappa shape index (κ3) is 4.10. The number of hydrogen-bond acceptors (Lipinski definition) is 6. The SMILES string of the molecule is Cl.NC1C=CCC2CN(c3ccc4c(=O)c(OC(=O)O)cn(-c5ccc(F)cc5F)c4n3)CC12. The first-order chi connectivity index (χ1) is 15.8. The fourth-order valence-electron chi connectivity index (χ4n) is 4.69. The van der Waals surface area contributed by atoms with E-state index in [1.807, 2.05) is 6.08 Å². The summed E-state index contributed by atoms with van der Waals surface area (Å²) in [4.78, 5) is 30.6. The van der Waals surface area contributed by atoms with Crippen LogP contribution in [-0.4, -0.2) is 39.9 Å². The van der Waals surface area contributed by atoms with Gasteiger partial charge in [-0.05, 0) is 42.5 Å². The van der Waals surface area contributed by atoms with Gasteiger partial charge in [0.25, 0.3) is 0 Å². The maximum Gasteiger partial charge on any atom is 0.511 e. The standard InChI is InChI=1S/C23H20F2N4O4.ClH/c24-13-4-6-18(16(25)8-13)29-11-19(33-23(31)32)21(30)14-5-7-20(27-22(14)29)28-9-12-2-1-3-17(26)15(12)10-28;/h1,3-8,11-12,15,17H,2,9-10,26H2,(H,31,32);1H. The van der Waals surface area contributed by atoms with E-state index in [2.05, 4.69) is 20.7 Å². The van der Waals surface area contributed by atoms with Gasteiger partial charge in [0.2, 0.25) is 5.43 Å². The van der Waals surface area contributed by atoms with Crippen LogP contribution >= 0.6 is 12.4 Å². The van der Waals surface area contributed by atoms with Gasteiger partial charge in [0.05, 0.1) is 17.3 Å². The summed E-state index contributed by atoms with van der Waals surface area (Å²) in [5.74, 6) is -0.968. The lowest BCUT2D eigenvalue weighted by molar-refractivity contribution is 0.144. The second kappa shape index (κ2) is 9.03. The molecule has 3 N–H and O–H groups in total. The molecular weight excluding hydrogens is 470 g/mol. The first-order valence-corrected chi connectivity index (χ1v) is 10.4. The minimum absolute atomic E-state index is 0. The molecule has 2 aromatic heterocycles. The molecule has 0 radical (unpaired) electrons. The van der Waals surface area contributed by atoms with Crippen LogP contribution in [0.5, 0.6) is 5.75 Å². The monoisotopic (exact) mass is 490 g/mol. The first kappa shape index (κ1) is 23.7. The zero-order chi connectivity index (χ0) is 23.3.